The number of aryl methyl sites for hydroxylation is 1. The molecule has 162 valence electrons. The van der Waals surface area contributed by atoms with Gasteiger partial charge in [0.25, 0.3) is 5.91 Å². The van der Waals surface area contributed by atoms with Crippen molar-refractivity contribution in [2.45, 2.75) is 39.8 Å². The Bertz CT molecular complexity index is 1270. The molecule has 0 atom stereocenters. The Hall–Kier alpha value is -3.11. The fraction of sp³-hybridized carbons (Fsp3) is 0.333. The van der Waals surface area contributed by atoms with E-state index in [9.17, 15) is 13.2 Å². The maximum Gasteiger partial charge on any atom is 0.260 e. The molecule has 1 aliphatic heterocycles. The van der Waals surface area contributed by atoms with E-state index in [0.717, 1.165) is 16.7 Å². The van der Waals surface area contributed by atoms with Crippen molar-refractivity contribution in [3.8, 4) is 11.5 Å². The summed E-state index contributed by atoms with van der Waals surface area (Å²) in [6.45, 7) is 6.29. The molecule has 0 spiro atoms. The largest absolute Gasteiger partial charge is 0.310 e. The van der Waals surface area contributed by atoms with E-state index in [2.05, 4.69) is 15.2 Å². The van der Waals surface area contributed by atoms with Crippen molar-refractivity contribution in [1.82, 2.24) is 19.7 Å². The van der Waals surface area contributed by atoms with Gasteiger partial charge in [-0.3, -0.25) is 9.69 Å². The second kappa shape index (κ2) is 7.86. The average Bonchev–Trinajstić information content (AvgIpc) is 3.32. The molecule has 10 heteroatoms. The van der Waals surface area contributed by atoms with E-state index >= 15 is 0 Å². The van der Waals surface area contributed by atoms with E-state index in [4.69, 9.17) is 5.14 Å². The molecule has 0 bridgehead atoms. The molecule has 0 unspecified atom stereocenters. The van der Waals surface area contributed by atoms with Gasteiger partial charge < -0.3 is 4.57 Å². The number of carbonyl (C=O) groups is 1. The van der Waals surface area contributed by atoms with E-state index in [1.54, 1.807) is 23.4 Å². The molecule has 3 heterocycles. The number of pyridine rings is 1. The number of nitrogens with zero attached hydrogens (tertiary/aromatic N) is 5. The molecule has 1 aliphatic rings. The minimum absolute atomic E-state index is 0.164. The lowest BCUT2D eigenvalue weighted by Crippen LogP contribution is -2.24. The number of benzene rings is 1. The molecule has 3 aromatic rings. The number of anilines is 1. The number of hydrogen-bond donors (Lipinski definition) is 1. The Kier molecular flexibility index (Phi) is 5.36. The van der Waals surface area contributed by atoms with Crippen LogP contribution in [0.5, 0.6) is 0 Å². The summed E-state index contributed by atoms with van der Waals surface area (Å²) in [4.78, 5) is 19.4. The molecule has 0 aliphatic carbocycles. The number of rotatable bonds is 6. The van der Waals surface area contributed by atoms with Crippen LogP contribution in [-0.2, 0) is 23.0 Å². The molecule has 0 saturated heterocycles. The standard InChI is InChI=1S/C21H24N6O3S/c1-13(2)27-12-23-25-20(27)18-5-4-6-19(24-18)26-11-17-15(9-10-31(22,29)30)14(3)7-8-16(17)21(26)28/h4-8,12-13H,9-11H2,1-3H3,(H2,22,29,30). The molecule has 0 saturated carbocycles. The summed E-state index contributed by atoms with van der Waals surface area (Å²) in [5.41, 5.74) is 3.79. The van der Waals surface area contributed by atoms with Crippen molar-refractivity contribution >= 4 is 21.7 Å². The second-order valence-corrected chi connectivity index (χ2v) is 9.67. The molecule has 2 aromatic heterocycles. The highest BCUT2D eigenvalue weighted by atomic mass is 32.2. The summed E-state index contributed by atoms with van der Waals surface area (Å²) in [5, 5.41) is 13.4. The van der Waals surface area contributed by atoms with Gasteiger partial charge in [-0.1, -0.05) is 12.1 Å². The van der Waals surface area contributed by atoms with Gasteiger partial charge in [0.2, 0.25) is 10.0 Å². The highest BCUT2D eigenvalue weighted by Gasteiger charge is 2.32. The number of carbonyl (C=O) groups excluding carboxylic acids is 1. The van der Waals surface area contributed by atoms with Crippen molar-refractivity contribution in [3.05, 3.63) is 58.9 Å². The predicted octanol–water partition coefficient (Wildman–Crippen LogP) is 2.22. The summed E-state index contributed by atoms with van der Waals surface area (Å²) in [5.74, 6) is 0.802. The molecular weight excluding hydrogens is 416 g/mol. The smallest absolute Gasteiger partial charge is 0.260 e. The van der Waals surface area contributed by atoms with E-state index in [0.29, 0.717) is 29.4 Å². The SMILES string of the molecule is Cc1ccc2c(c1CCS(N)(=O)=O)CN(c1cccc(-c3nncn3C(C)C)n1)C2=O. The van der Waals surface area contributed by atoms with E-state index in [1.165, 1.54) is 0 Å². The number of primary sulfonamides is 1. The van der Waals surface area contributed by atoms with E-state index in [1.807, 2.05) is 43.5 Å². The lowest BCUT2D eigenvalue weighted by molar-refractivity contribution is 0.0996. The molecule has 1 amide bonds. The second-order valence-electron chi connectivity index (χ2n) is 7.93. The molecule has 9 nitrogen and oxygen atoms in total. The minimum atomic E-state index is -3.60. The quantitative estimate of drug-likeness (QED) is 0.627. The van der Waals surface area contributed by atoms with Crippen LogP contribution >= 0.6 is 0 Å². The van der Waals surface area contributed by atoms with Crippen LogP contribution in [-0.4, -0.2) is 39.8 Å². The van der Waals surface area contributed by atoms with Gasteiger partial charge in [-0.2, -0.15) is 0 Å². The summed E-state index contributed by atoms with van der Waals surface area (Å²) in [7, 11) is -3.60. The third-order valence-electron chi connectivity index (χ3n) is 5.46. The number of nitrogens with two attached hydrogens (primary N) is 1. The van der Waals surface area contributed by atoms with Crippen molar-refractivity contribution in [3.63, 3.8) is 0 Å². The first-order chi connectivity index (χ1) is 14.7. The van der Waals surface area contributed by atoms with Gasteiger partial charge in [-0.15, -0.1) is 10.2 Å². The number of amides is 1. The third-order valence-corrected chi connectivity index (χ3v) is 6.24. The molecule has 1 aromatic carbocycles. The van der Waals surface area contributed by atoms with Gasteiger partial charge in [0.05, 0.1) is 12.3 Å². The topological polar surface area (TPSA) is 124 Å². The zero-order valence-electron chi connectivity index (χ0n) is 17.6. The Morgan fingerprint density at radius 3 is 2.68 bits per heavy atom. The fourth-order valence-corrected chi connectivity index (χ4v) is 4.33. The third kappa shape index (κ3) is 4.08. The van der Waals surface area contributed by atoms with Gasteiger partial charge >= 0.3 is 0 Å². The maximum atomic E-state index is 13.1. The van der Waals surface area contributed by atoms with Gasteiger partial charge in [-0.25, -0.2) is 18.5 Å². The maximum absolute atomic E-state index is 13.1. The first-order valence-electron chi connectivity index (χ1n) is 9.96. The summed E-state index contributed by atoms with van der Waals surface area (Å²) in [6.07, 6.45) is 1.92. The van der Waals surface area contributed by atoms with Crippen LogP contribution in [0, 0.1) is 6.92 Å². The Morgan fingerprint density at radius 1 is 1.19 bits per heavy atom. The van der Waals surface area contributed by atoms with Gasteiger partial charge in [0, 0.05) is 11.6 Å². The molecule has 4 rings (SSSR count). The Labute approximate surface area is 181 Å². The van der Waals surface area contributed by atoms with Crippen LogP contribution in [0.15, 0.2) is 36.7 Å². The molecule has 0 fully saturated rings. The van der Waals surface area contributed by atoms with Gasteiger partial charge in [0.15, 0.2) is 5.82 Å². The van der Waals surface area contributed by atoms with Crippen LogP contribution in [0.3, 0.4) is 0 Å². The summed E-state index contributed by atoms with van der Waals surface area (Å²) < 4.78 is 24.9. The van der Waals surface area contributed by atoms with Crippen LogP contribution in [0.1, 0.15) is 46.9 Å². The number of aromatic nitrogens is 4. The van der Waals surface area contributed by atoms with Crippen LogP contribution in [0.2, 0.25) is 0 Å². The lowest BCUT2D eigenvalue weighted by atomic mass is 9.96. The average molecular weight is 441 g/mol. The number of fused-ring (bicyclic) bond motifs is 1. The molecule has 31 heavy (non-hydrogen) atoms. The van der Waals surface area contributed by atoms with Crippen LogP contribution in [0.4, 0.5) is 5.82 Å². The zero-order valence-corrected chi connectivity index (χ0v) is 18.4. The first-order valence-corrected chi connectivity index (χ1v) is 11.7. The number of hydrogen-bond acceptors (Lipinski definition) is 6. The van der Waals surface area contributed by atoms with E-state index in [-0.39, 0.29) is 24.1 Å². The van der Waals surface area contributed by atoms with E-state index < -0.39 is 10.0 Å². The van der Waals surface area contributed by atoms with Crippen molar-refractivity contribution < 1.29 is 13.2 Å². The predicted molar refractivity (Wildman–Crippen MR) is 117 cm³/mol. The highest BCUT2D eigenvalue weighted by molar-refractivity contribution is 7.89. The zero-order chi connectivity index (χ0) is 22.3. The fourth-order valence-electron chi connectivity index (χ4n) is 3.85. The monoisotopic (exact) mass is 440 g/mol. The highest BCUT2D eigenvalue weighted by Crippen LogP contribution is 2.32. The summed E-state index contributed by atoms with van der Waals surface area (Å²) in [6, 6.07) is 9.24. The molecule has 0 radical (unpaired) electrons. The van der Waals surface area contributed by atoms with Crippen LogP contribution in [0.25, 0.3) is 11.5 Å². The Balaban J connectivity index is 1.69. The van der Waals surface area contributed by atoms with Gasteiger partial charge in [0.1, 0.15) is 17.8 Å². The first kappa shape index (κ1) is 21.1. The van der Waals surface area contributed by atoms with Crippen molar-refractivity contribution in [2.75, 3.05) is 10.7 Å². The normalized spacial score (nSPS) is 13.8. The summed E-state index contributed by atoms with van der Waals surface area (Å²) >= 11 is 0. The van der Waals surface area contributed by atoms with Crippen molar-refractivity contribution in [1.29, 1.82) is 0 Å². The molecule has 2 N–H and O–H groups in total. The lowest BCUT2D eigenvalue weighted by Gasteiger charge is -2.16. The minimum Gasteiger partial charge on any atom is -0.310 e. The van der Waals surface area contributed by atoms with Crippen LogP contribution < -0.4 is 10.0 Å². The van der Waals surface area contributed by atoms with Gasteiger partial charge in [-0.05, 0) is 62.1 Å². The van der Waals surface area contributed by atoms with Crippen molar-refractivity contribution in [2.24, 2.45) is 5.14 Å². The number of sulfonamides is 1. The molecular formula is C21H24N6O3S. The Morgan fingerprint density at radius 2 is 1.97 bits per heavy atom.